The molecule has 92 valence electrons. The van der Waals surface area contributed by atoms with Crippen LogP contribution < -0.4 is 11.1 Å². The molecule has 1 unspecified atom stereocenters. The van der Waals surface area contributed by atoms with Gasteiger partial charge >= 0.3 is 0 Å². The van der Waals surface area contributed by atoms with Gasteiger partial charge in [0.05, 0.1) is 17.3 Å². The standard InChI is InChI=1S/C11H13N7/c1-7(11-17-15-6-18(11)2)16-10-9(13)8(5-12)3-4-14-10/h3-4,6-7H,13H2,1-2H3,(H,14,16). The molecule has 7 nitrogen and oxygen atoms in total. The van der Waals surface area contributed by atoms with E-state index in [0.717, 1.165) is 5.82 Å². The largest absolute Gasteiger partial charge is 0.395 e. The van der Waals surface area contributed by atoms with Gasteiger partial charge in [-0.05, 0) is 13.0 Å². The highest BCUT2D eigenvalue weighted by molar-refractivity contribution is 5.69. The molecule has 0 aliphatic heterocycles. The van der Waals surface area contributed by atoms with Crippen molar-refractivity contribution in [1.82, 2.24) is 19.7 Å². The summed E-state index contributed by atoms with van der Waals surface area (Å²) in [6.07, 6.45) is 3.16. The topological polar surface area (TPSA) is 105 Å². The molecule has 2 aromatic rings. The zero-order chi connectivity index (χ0) is 13.1. The van der Waals surface area contributed by atoms with E-state index in [0.29, 0.717) is 17.1 Å². The highest BCUT2D eigenvalue weighted by Crippen LogP contribution is 2.23. The maximum atomic E-state index is 8.89. The Hall–Kier alpha value is -2.62. The lowest BCUT2D eigenvalue weighted by atomic mass is 10.2. The summed E-state index contributed by atoms with van der Waals surface area (Å²) in [6.45, 7) is 1.92. The van der Waals surface area contributed by atoms with Gasteiger partial charge in [0, 0.05) is 13.2 Å². The van der Waals surface area contributed by atoms with Crippen LogP contribution in [-0.2, 0) is 7.05 Å². The van der Waals surface area contributed by atoms with E-state index in [1.807, 2.05) is 24.6 Å². The highest BCUT2D eigenvalue weighted by atomic mass is 15.3. The summed E-state index contributed by atoms with van der Waals surface area (Å²) in [6, 6.07) is 3.48. The van der Waals surface area contributed by atoms with Gasteiger partial charge < -0.3 is 15.6 Å². The van der Waals surface area contributed by atoms with Crippen LogP contribution in [0.5, 0.6) is 0 Å². The molecule has 7 heteroatoms. The molecule has 0 fully saturated rings. The molecule has 2 rings (SSSR count). The lowest BCUT2D eigenvalue weighted by Gasteiger charge is -2.15. The molecule has 0 spiro atoms. The number of anilines is 2. The Balaban J connectivity index is 2.25. The molecular weight excluding hydrogens is 230 g/mol. The summed E-state index contributed by atoms with van der Waals surface area (Å²) in [5, 5.41) is 19.8. The van der Waals surface area contributed by atoms with E-state index >= 15 is 0 Å². The number of pyridine rings is 1. The molecule has 0 aliphatic rings. The third-order valence-electron chi connectivity index (χ3n) is 2.60. The summed E-state index contributed by atoms with van der Waals surface area (Å²) < 4.78 is 1.81. The van der Waals surface area contributed by atoms with E-state index in [2.05, 4.69) is 20.5 Å². The van der Waals surface area contributed by atoms with Gasteiger partial charge in [0.1, 0.15) is 12.4 Å². The Bertz CT molecular complexity index is 596. The van der Waals surface area contributed by atoms with Crippen molar-refractivity contribution in [3.05, 3.63) is 30.0 Å². The van der Waals surface area contributed by atoms with E-state index in [4.69, 9.17) is 11.0 Å². The molecule has 1 atom stereocenters. The molecule has 0 aromatic carbocycles. The Labute approximate surface area is 104 Å². The molecule has 2 aromatic heterocycles. The maximum Gasteiger partial charge on any atom is 0.154 e. The van der Waals surface area contributed by atoms with Gasteiger partial charge in [-0.2, -0.15) is 5.26 Å². The van der Waals surface area contributed by atoms with E-state index < -0.39 is 0 Å². The van der Waals surface area contributed by atoms with Gasteiger partial charge in [-0.3, -0.25) is 0 Å². The number of nitriles is 1. The number of nitrogen functional groups attached to an aromatic ring is 1. The van der Waals surface area contributed by atoms with Gasteiger partial charge in [0.25, 0.3) is 0 Å². The van der Waals surface area contributed by atoms with Crippen LogP contribution in [0.2, 0.25) is 0 Å². The smallest absolute Gasteiger partial charge is 0.154 e. The number of aromatic nitrogens is 4. The van der Waals surface area contributed by atoms with Crippen LogP contribution in [0.3, 0.4) is 0 Å². The van der Waals surface area contributed by atoms with Gasteiger partial charge in [0.2, 0.25) is 0 Å². The van der Waals surface area contributed by atoms with Crippen molar-refractivity contribution in [3.8, 4) is 6.07 Å². The second-order valence-electron chi connectivity index (χ2n) is 3.90. The molecule has 0 amide bonds. The SMILES string of the molecule is CC(Nc1nccc(C#N)c1N)c1nncn1C. The maximum absolute atomic E-state index is 8.89. The second-order valence-corrected chi connectivity index (χ2v) is 3.90. The lowest BCUT2D eigenvalue weighted by Crippen LogP contribution is -2.14. The molecule has 0 saturated carbocycles. The van der Waals surface area contributed by atoms with E-state index in [1.54, 1.807) is 18.6 Å². The van der Waals surface area contributed by atoms with Gasteiger partial charge in [-0.15, -0.1) is 10.2 Å². The molecule has 0 aliphatic carbocycles. The zero-order valence-corrected chi connectivity index (χ0v) is 10.1. The molecule has 3 N–H and O–H groups in total. The Kier molecular flexibility index (Phi) is 3.10. The Morgan fingerprint density at radius 1 is 1.56 bits per heavy atom. The van der Waals surface area contributed by atoms with Crippen LogP contribution in [0.15, 0.2) is 18.6 Å². The average molecular weight is 243 g/mol. The number of nitrogens with zero attached hydrogens (tertiary/aromatic N) is 5. The number of nitrogens with two attached hydrogens (primary N) is 1. The fraction of sp³-hybridized carbons (Fsp3) is 0.273. The van der Waals surface area contributed by atoms with Crippen molar-refractivity contribution in [2.24, 2.45) is 7.05 Å². The van der Waals surface area contributed by atoms with Crippen molar-refractivity contribution >= 4 is 11.5 Å². The summed E-state index contributed by atoms with van der Waals surface area (Å²) >= 11 is 0. The molecular formula is C11H13N7. The van der Waals surface area contributed by atoms with E-state index in [1.165, 1.54) is 0 Å². The van der Waals surface area contributed by atoms with Gasteiger partial charge in [-0.25, -0.2) is 4.98 Å². The van der Waals surface area contributed by atoms with E-state index in [-0.39, 0.29) is 6.04 Å². The molecule has 0 saturated heterocycles. The fourth-order valence-electron chi connectivity index (χ4n) is 1.64. The summed E-state index contributed by atoms with van der Waals surface area (Å²) in [5.74, 6) is 1.24. The first-order valence-electron chi connectivity index (χ1n) is 5.38. The van der Waals surface area contributed by atoms with Crippen LogP contribution in [0.25, 0.3) is 0 Å². The molecule has 2 heterocycles. The number of hydrogen-bond acceptors (Lipinski definition) is 6. The predicted molar refractivity (Wildman–Crippen MR) is 66.4 cm³/mol. The summed E-state index contributed by atoms with van der Waals surface area (Å²) in [4.78, 5) is 4.12. The first-order valence-corrected chi connectivity index (χ1v) is 5.38. The normalized spacial score (nSPS) is 11.8. The Morgan fingerprint density at radius 2 is 2.33 bits per heavy atom. The minimum Gasteiger partial charge on any atom is -0.395 e. The van der Waals surface area contributed by atoms with Crippen LogP contribution in [0, 0.1) is 11.3 Å². The van der Waals surface area contributed by atoms with Crippen molar-refractivity contribution in [2.75, 3.05) is 11.1 Å². The number of nitrogens with one attached hydrogen (secondary N) is 1. The van der Waals surface area contributed by atoms with Crippen LogP contribution in [-0.4, -0.2) is 19.7 Å². The first kappa shape index (κ1) is 11.9. The van der Waals surface area contributed by atoms with Crippen LogP contribution >= 0.6 is 0 Å². The molecule has 0 radical (unpaired) electrons. The van der Waals surface area contributed by atoms with Crippen molar-refractivity contribution < 1.29 is 0 Å². The number of rotatable bonds is 3. The predicted octanol–water partition coefficient (Wildman–Crippen LogP) is 0.837. The van der Waals surface area contributed by atoms with Crippen molar-refractivity contribution in [3.63, 3.8) is 0 Å². The van der Waals surface area contributed by atoms with E-state index in [9.17, 15) is 0 Å². The lowest BCUT2D eigenvalue weighted by molar-refractivity contribution is 0.717. The van der Waals surface area contributed by atoms with Crippen molar-refractivity contribution in [2.45, 2.75) is 13.0 Å². The van der Waals surface area contributed by atoms with Crippen LogP contribution in [0.1, 0.15) is 24.4 Å². The zero-order valence-electron chi connectivity index (χ0n) is 10.1. The minimum atomic E-state index is -0.110. The third kappa shape index (κ3) is 2.08. The van der Waals surface area contributed by atoms with Gasteiger partial charge in [0.15, 0.2) is 11.6 Å². The summed E-state index contributed by atoms with van der Waals surface area (Å²) in [7, 11) is 1.86. The van der Waals surface area contributed by atoms with Crippen molar-refractivity contribution in [1.29, 1.82) is 5.26 Å². The highest BCUT2D eigenvalue weighted by Gasteiger charge is 2.14. The average Bonchev–Trinajstić information content (AvgIpc) is 2.78. The molecule has 18 heavy (non-hydrogen) atoms. The number of hydrogen-bond donors (Lipinski definition) is 2. The third-order valence-corrected chi connectivity index (χ3v) is 2.60. The monoisotopic (exact) mass is 243 g/mol. The second kappa shape index (κ2) is 4.71. The number of aryl methyl sites for hydroxylation is 1. The summed E-state index contributed by atoms with van der Waals surface area (Å²) in [5.41, 5.74) is 6.59. The van der Waals surface area contributed by atoms with Crippen LogP contribution in [0.4, 0.5) is 11.5 Å². The fourth-order valence-corrected chi connectivity index (χ4v) is 1.64. The Morgan fingerprint density at radius 3 is 2.94 bits per heavy atom. The first-order chi connectivity index (χ1) is 8.63. The molecule has 0 bridgehead atoms. The minimum absolute atomic E-state index is 0.110. The quantitative estimate of drug-likeness (QED) is 0.827. The van der Waals surface area contributed by atoms with Gasteiger partial charge in [-0.1, -0.05) is 0 Å².